The van der Waals surface area contributed by atoms with Crippen LogP contribution in [0.25, 0.3) is 11.6 Å². The lowest BCUT2D eigenvalue weighted by Crippen LogP contribution is -2.19. The predicted octanol–water partition coefficient (Wildman–Crippen LogP) is 3.05. The van der Waals surface area contributed by atoms with Gasteiger partial charge in [-0.25, -0.2) is 0 Å². The number of hydrogen-bond donors (Lipinski definition) is 0. The molecule has 0 heterocycles. The van der Waals surface area contributed by atoms with Gasteiger partial charge in [0.15, 0.2) is 11.6 Å². The molecule has 0 fully saturated rings. The largest absolute Gasteiger partial charge is 0.294 e. The summed E-state index contributed by atoms with van der Waals surface area (Å²) in [5.74, 6) is -0.286. The van der Waals surface area contributed by atoms with Gasteiger partial charge in [-0.15, -0.1) is 0 Å². The Balaban J connectivity index is 2.79. The van der Waals surface area contributed by atoms with Crippen LogP contribution in [0, 0.1) is 0 Å². The first-order valence-electron chi connectivity index (χ1n) is 5.34. The van der Waals surface area contributed by atoms with Crippen molar-refractivity contribution in [1.82, 2.24) is 0 Å². The van der Waals surface area contributed by atoms with E-state index in [4.69, 9.17) is 0 Å². The van der Waals surface area contributed by atoms with Crippen molar-refractivity contribution in [3.63, 3.8) is 0 Å². The van der Waals surface area contributed by atoms with Crippen molar-refractivity contribution in [3.8, 4) is 0 Å². The molecule has 1 aliphatic carbocycles. The van der Waals surface area contributed by atoms with E-state index in [0.717, 1.165) is 5.56 Å². The van der Waals surface area contributed by atoms with Crippen LogP contribution in [0.1, 0.15) is 27.9 Å². The molecule has 84 valence electrons. The maximum Gasteiger partial charge on any atom is 0.171 e. The number of rotatable bonds is 2. The van der Waals surface area contributed by atoms with Crippen LogP contribution in [0.15, 0.2) is 43.5 Å². The highest BCUT2D eigenvalue weighted by Crippen LogP contribution is 2.31. The molecule has 1 aromatic carbocycles. The van der Waals surface area contributed by atoms with Crippen LogP contribution in [0.4, 0.5) is 0 Å². The average molecular weight is 224 g/mol. The number of hydrogen-bond acceptors (Lipinski definition) is 2. The molecule has 0 aromatic heterocycles. The van der Waals surface area contributed by atoms with Crippen molar-refractivity contribution in [2.24, 2.45) is 0 Å². The second-order valence-electron chi connectivity index (χ2n) is 3.81. The first-order valence-corrected chi connectivity index (χ1v) is 5.34. The molecule has 0 radical (unpaired) electrons. The Morgan fingerprint density at radius 1 is 1.12 bits per heavy atom. The molecule has 0 N–H and O–H groups in total. The number of carbonyl (C=O) groups is 2. The fourth-order valence-corrected chi connectivity index (χ4v) is 2.04. The standard InChI is InChI=1S/C15H12O2/c1-3-6-11-13(16)9-14(17)12-8-5-7-10(4-2)15(11)12/h3-8H,1-2,9H2/b11-6-. The zero-order chi connectivity index (χ0) is 12.4. The summed E-state index contributed by atoms with van der Waals surface area (Å²) in [5, 5.41) is 0. The minimum absolute atomic E-state index is 0.0622. The van der Waals surface area contributed by atoms with Crippen molar-refractivity contribution in [2.45, 2.75) is 6.42 Å². The molecule has 0 spiro atoms. The SMILES string of the molecule is C=C/C=C1/C(=O)CC(=O)c2cccc(C=C)c21. The van der Waals surface area contributed by atoms with E-state index < -0.39 is 0 Å². The van der Waals surface area contributed by atoms with E-state index in [1.807, 2.05) is 6.07 Å². The number of allylic oxidation sites excluding steroid dienone is 3. The molecule has 1 aromatic rings. The van der Waals surface area contributed by atoms with Gasteiger partial charge in [0.2, 0.25) is 0 Å². The molecule has 1 aliphatic rings. The van der Waals surface area contributed by atoms with Gasteiger partial charge in [0.25, 0.3) is 0 Å². The smallest absolute Gasteiger partial charge is 0.171 e. The van der Waals surface area contributed by atoms with Gasteiger partial charge in [-0.1, -0.05) is 49.6 Å². The lowest BCUT2D eigenvalue weighted by Gasteiger charge is -2.19. The summed E-state index contributed by atoms with van der Waals surface area (Å²) in [6, 6.07) is 5.39. The molecule has 0 saturated heterocycles. The van der Waals surface area contributed by atoms with Gasteiger partial charge in [-0.3, -0.25) is 9.59 Å². The Bertz CT molecular complexity index is 562. The van der Waals surface area contributed by atoms with Gasteiger partial charge < -0.3 is 0 Å². The third kappa shape index (κ3) is 1.78. The first kappa shape index (κ1) is 11.3. The van der Waals surface area contributed by atoms with Crippen molar-refractivity contribution in [1.29, 1.82) is 0 Å². The van der Waals surface area contributed by atoms with Crippen LogP contribution < -0.4 is 0 Å². The monoisotopic (exact) mass is 224 g/mol. The van der Waals surface area contributed by atoms with Crippen molar-refractivity contribution in [2.75, 3.05) is 0 Å². The predicted molar refractivity (Wildman–Crippen MR) is 68.7 cm³/mol. The van der Waals surface area contributed by atoms with E-state index >= 15 is 0 Å². The normalized spacial score (nSPS) is 16.8. The summed E-state index contributed by atoms with van der Waals surface area (Å²) in [4.78, 5) is 23.7. The third-order valence-corrected chi connectivity index (χ3v) is 2.79. The van der Waals surface area contributed by atoms with Gasteiger partial charge >= 0.3 is 0 Å². The Morgan fingerprint density at radius 2 is 1.88 bits per heavy atom. The van der Waals surface area contributed by atoms with E-state index in [2.05, 4.69) is 13.2 Å². The van der Waals surface area contributed by atoms with Crippen molar-refractivity contribution >= 4 is 23.2 Å². The molecule has 17 heavy (non-hydrogen) atoms. The highest BCUT2D eigenvalue weighted by atomic mass is 16.1. The summed E-state index contributed by atoms with van der Waals surface area (Å²) in [7, 11) is 0. The molecule has 2 rings (SSSR count). The van der Waals surface area contributed by atoms with Gasteiger partial charge in [0.1, 0.15) is 0 Å². The molecule has 2 heteroatoms. The zero-order valence-electron chi connectivity index (χ0n) is 9.40. The summed E-state index contributed by atoms with van der Waals surface area (Å²) in [5.41, 5.74) is 2.63. The minimum Gasteiger partial charge on any atom is -0.294 e. The molecule has 2 nitrogen and oxygen atoms in total. The number of fused-ring (bicyclic) bond motifs is 1. The fourth-order valence-electron chi connectivity index (χ4n) is 2.04. The molecule has 0 bridgehead atoms. The van der Waals surface area contributed by atoms with E-state index in [0.29, 0.717) is 16.7 Å². The fraction of sp³-hybridized carbons (Fsp3) is 0.0667. The molecular formula is C15H12O2. The van der Waals surface area contributed by atoms with Crippen LogP contribution in [0.2, 0.25) is 0 Å². The Morgan fingerprint density at radius 3 is 2.53 bits per heavy atom. The highest BCUT2D eigenvalue weighted by Gasteiger charge is 2.28. The van der Waals surface area contributed by atoms with E-state index in [9.17, 15) is 9.59 Å². The average Bonchev–Trinajstić information content (AvgIpc) is 2.33. The van der Waals surface area contributed by atoms with Crippen LogP contribution in [0.3, 0.4) is 0 Å². The number of carbonyl (C=O) groups excluding carboxylic acids is 2. The summed E-state index contributed by atoms with van der Waals surface area (Å²) in [6.45, 7) is 7.31. The maximum absolute atomic E-state index is 11.9. The quantitative estimate of drug-likeness (QED) is 0.571. The Kier molecular flexibility index (Phi) is 2.88. The molecule has 0 saturated carbocycles. The van der Waals surface area contributed by atoms with E-state index in [1.54, 1.807) is 30.4 Å². The van der Waals surface area contributed by atoms with Gasteiger partial charge in [0, 0.05) is 16.7 Å². The molecule has 0 atom stereocenters. The number of Topliss-reactive ketones (excluding diaryl/α,β-unsaturated/α-hetero) is 2. The highest BCUT2D eigenvalue weighted by molar-refractivity contribution is 6.33. The van der Waals surface area contributed by atoms with Crippen LogP contribution >= 0.6 is 0 Å². The first-order chi connectivity index (χ1) is 8.19. The number of ketones is 2. The summed E-state index contributed by atoms with van der Waals surface area (Å²) >= 11 is 0. The second-order valence-corrected chi connectivity index (χ2v) is 3.81. The molecular weight excluding hydrogens is 212 g/mol. The molecule has 0 aliphatic heterocycles. The van der Waals surface area contributed by atoms with Crippen molar-refractivity contribution in [3.05, 3.63) is 60.2 Å². The topological polar surface area (TPSA) is 34.1 Å². The van der Waals surface area contributed by atoms with E-state index in [-0.39, 0.29) is 18.0 Å². The van der Waals surface area contributed by atoms with Crippen LogP contribution in [-0.4, -0.2) is 11.6 Å². The van der Waals surface area contributed by atoms with Gasteiger partial charge in [-0.2, -0.15) is 0 Å². The zero-order valence-corrected chi connectivity index (χ0v) is 9.40. The summed E-state index contributed by atoms with van der Waals surface area (Å²) < 4.78 is 0. The van der Waals surface area contributed by atoms with Gasteiger partial charge in [0.05, 0.1) is 6.42 Å². The van der Waals surface area contributed by atoms with Crippen molar-refractivity contribution < 1.29 is 9.59 Å². The molecule has 0 amide bonds. The number of benzene rings is 1. The lowest BCUT2D eigenvalue weighted by molar-refractivity contribution is -0.113. The van der Waals surface area contributed by atoms with Gasteiger partial charge in [-0.05, 0) is 5.56 Å². The second kappa shape index (κ2) is 4.34. The maximum atomic E-state index is 11.9. The molecule has 0 unspecified atom stereocenters. The van der Waals surface area contributed by atoms with Crippen LogP contribution in [-0.2, 0) is 4.79 Å². The third-order valence-electron chi connectivity index (χ3n) is 2.79. The Labute approximate surface area is 100.0 Å². The minimum atomic E-state index is -0.156. The Hall–Kier alpha value is -2.22. The van der Waals surface area contributed by atoms with E-state index in [1.165, 1.54) is 0 Å². The van der Waals surface area contributed by atoms with Crippen LogP contribution in [0.5, 0.6) is 0 Å². The summed E-state index contributed by atoms with van der Waals surface area (Å²) in [6.07, 6.45) is 4.81. The lowest BCUT2D eigenvalue weighted by atomic mass is 9.82.